The SMILES string of the molecule is CCC(=O)N(C)c1ccc(-c2ccc(C(=O)Cc3cccnc3)cn2)c(Cl)c1. The van der Waals surface area contributed by atoms with Crippen LogP contribution in [0.2, 0.25) is 5.02 Å². The number of halogens is 1. The van der Waals surface area contributed by atoms with E-state index in [0.29, 0.717) is 22.7 Å². The minimum Gasteiger partial charge on any atom is -0.315 e. The number of hydrogen-bond donors (Lipinski definition) is 0. The fourth-order valence-electron chi connectivity index (χ4n) is 2.81. The Hall–Kier alpha value is -3.05. The van der Waals surface area contributed by atoms with E-state index in [2.05, 4.69) is 9.97 Å². The van der Waals surface area contributed by atoms with Crippen LogP contribution < -0.4 is 4.90 Å². The van der Waals surface area contributed by atoms with Gasteiger partial charge in [0.05, 0.1) is 10.7 Å². The molecule has 3 aromatic rings. The molecule has 2 aromatic heterocycles. The maximum absolute atomic E-state index is 12.4. The van der Waals surface area contributed by atoms with Crippen molar-refractivity contribution in [2.75, 3.05) is 11.9 Å². The minimum absolute atomic E-state index is 0.0124. The van der Waals surface area contributed by atoms with Gasteiger partial charge in [0.25, 0.3) is 0 Å². The molecule has 0 bridgehead atoms. The maximum atomic E-state index is 12.4. The first-order valence-corrected chi connectivity index (χ1v) is 9.32. The normalized spacial score (nSPS) is 10.5. The predicted molar refractivity (Wildman–Crippen MR) is 111 cm³/mol. The molecule has 0 spiro atoms. The van der Waals surface area contributed by atoms with Gasteiger partial charge in [0.2, 0.25) is 5.91 Å². The van der Waals surface area contributed by atoms with Crippen molar-refractivity contribution in [3.8, 4) is 11.3 Å². The molecule has 0 radical (unpaired) electrons. The third kappa shape index (κ3) is 4.43. The summed E-state index contributed by atoms with van der Waals surface area (Å²) < 4.78 is 0. The van der Waals surface area contributed by atoms with Gasteiger partial charge < -0.3 is 4.90 Å². The van der Waals surface area contributed by atoms with Crippen LogP contribution >= 0.6 is 11.6 Å². The van der Waals surface area contributed by atoms with E-state index in [1.807, 2.05) is 25.1 Å². The van der Waals surface area contributed by atoms with Crippen molar-refractivity contribution in [3.05, 3.63) is 77.2 Å². The number of hydrogen-bond acceptors (Lipinski definition) is 4. The van der Waals surface area contributed by atoms with E-state index >= 15 is 0 Å². The number of carbonyl (C=O) groups excluding carboxylic acids is 2. The van der Waals surface area contributed by atoms with Gasteiger partial charge in [-0.15, -0.1) is 0 Å². The quantitative estimate of drug-likeness (QED) is 0.574. The van der Waals surface area contributed by atoms with Gasteiger partial charge in [-0.3, -0.25) is 19.6 Å². The van der Waals surface area contributed by atoms with Crippen molar-refractivity contribution in [1.29, 1.82) is 0 Å². The highest BCUT2D eigenvalue weighted by atomic mass is 35.5. The summed E-state index contributed by atoms with van der Waals surface area (Å²) in [7, 11) is 1.72. The van der Waals surface area contributed by atoms with Gasteiger partial charge >= 0.3 is 0 Å². The molecular formula is C22H20ClN3O2. The Kier molecular flexibility index (Phi) is 6.16. The zero-order valence-corrected chi connectivity index (χ0v) is 16.5. The number of amides is 1. The van der Waals surface area contributed by atoms with Crippen LogP contribution in [-0.2, 0) is 11.2 Å². The molecule has 1 amide bonds. The molecule has 0 aliphatic heterocycles. The van der Waals surface area contributed by atoms with E-state index < -0.39 is 0 Å². The number of carbonyl (C=O) groups is 2. The Morgan fingerprint density at radius 1 is 1.11 bits per heavy atom. The molecule has 0 aliphatic carbocycles. The second-order valence-electron chi connectivity index (χ2n) is 6.36. The number of ketones is 1. The first-order chi connectivity index (χ1) is 13.5. The topological polar surface area (TPSA) is 63.2 Å². The number of aromatic nitrogens is 2. The van der Waals surface area contributed by atoms with Gasteiger partial charge in [-0.1, -0.05) is 24.6 Å². The minimum atomic E-state index is -0.0202. The first kappa shape index (κ1) is 19.7. The molecule has 28 heavy (non-hydrogen) atoms. The molecule has 3 rings (SSSR count). The van der Waals surface area contributed by atoms with Gasteiger partial charge in [-0.2, -0.15) is 0 Å². The summed E-state index contributed by atoms with van der Waals surface area (Å²) in [6.07, 6.45) is 5.62. The van der Waals surface area contributed by atoms with Crippen molar-refractivity contribution in [3.63, 3.8) is 0 Å². The highest BCUT2D eigenvalue weighted by Gasteiger charge is 2.13. The van der Waals surface area contributed by atoms with E-state index in [1.54, 1.807) is 54.8 Å². The molecule has 0 atom stereocenters. The summed E-state index contributed by atoms with van der Waals surface area (Å²) in [6.45, 7) is 1.82. The maximum Gasteiger partial charge on any atom is 0.226 e. The standard InChI is InChI=1S/C22H20ClN3O2/c1-3-22(28)26(2)17-7-8-18(19(23)12-17)20-9-6-16(14-25-20)21(27)11-15-5-4-10-24-13-15/h4-10,12-14H,3,11H2,1-2H3. The van der Waals surface area contributed by atoms with E-state index in [0.717, 1.165) is 16.8 Å². The van der Waals surface area contributed by atoms with Crippen LogP contribution in [0.3, 0.4) is 0 Å². The summed E-state index contributed by atoms with van der Waals surface area (Å²) in [4.78, 5) is 34.2. The predicted octanol–water partition coefficient (Wildman–Crippen LogP) is 4.60. The molecule has 0 unspecified atom stereocenters. The molecule has 6 heteroatoms. The van der Waals surface area contributed by atoms with Crippen LogP contribution in [0, 0.1) is 0 Å². The monoisotopic (exact) mass is 393 g/mol. The number of Topliss-reactive ketones (excluding diaryl/α,β-unsaturated/α-hetero) is 1. The van der Waals surface area contributed by atoms with Crippen LogP contribution in [0.4, 0.5) is 5.69 Å². The van der Waals surface area contributed by atoms with E-state index in [9.17, 15) is 9.59 Å². The largest absolute Gasteiger partial charge is 0.315 e. The van der Waals surface area contributed by atoms with Gasteiger partial charge in [0.1, 0.15) is 0 Å². The van der Waals surface area contributed by atoms with Gasteiger partial charge in [0, 0.05) is 55.3 Å². The van der Waals surface area contributed by atoms with Crippen molar-refractivity contribution in [1.82, 2.24) is 9.97 Å². The van der Waals surface area contributed by atoms with Crippen molar-refractivity contribution >= 4 is 29.0 Å². The number of anilines is 1. The van der Waals surface area contributed by atoms with E-state index in [4.69, 9.17) is 11.6 Å². The highest BCUT2D eigenvalue weighted by molar-refractivity contribution is 6.33. The first-order valence-electron chi connectivity index (χ1n) is 8.94. The van der Waals surface area contributed by atoms with Crippen molar-refractivity contribution in [2.45, 2.75) is 19.8 Å². The van der Waals surface area contributed by atoms with Crippen molar-refractivity contribution < 1.29 is 9.59 Å². The molecule has 0 saturated carbocycles. The molecule has 0 N–H and O–H groups in total. The Morgan fingerprint density at radius 3 is 2.54 bits per heavy atom. The van der Waals surface area contributed by atoms with Gasteiger partial charge in [-0.25, -0.2) is 0 Å². The Balaban J connectivity index is 1.78. The molecule has 0 saturated heterocycles. The zero-order chi connectivity index (χ0) is 20.1. The lowest BCUT2D eigenvalue weighted by Gasteiger charge is -2.17. The number of rotatable bonds is 6. The molecule has 0 fully saturated rings. The Labute approximate surface area is 169 Å². The summed E-state index contributed by atoms with van der Waals surface area (Å²) in [6, 6.07) is 12.6. The molecule has 0 aliphatic rings. The zero-order valence-electron chi connectivity index (χ0n) is 15.7. The second kappa shape index (κ2) is 8.76. The van der Waals surface area contributed by atoms with Gasteiger partial charge in [0.15, 0.2) is 5.78 Å². The summed E-state index contributed by atoms with van der Waals surface area (Å²) in [5.74, 6) is -0.00776. The summed E-state index contributed by atoms with van der Waals surface area (Å²) in [5.41, 5.74) is 3.53. The van der Waals surface area contributed by atoms with E-state index in [1.165, 1.54) is 0 Å². The van der Waals surface area contributed by atoms with E-state index in [-0.39, 0.29) is 18.1 Å². The average molecular weight is 394 g/mol. The molecule has 2 heterocycles. The molecule has 142 valence electrons. The Bertz CT molecular complexity index is 988. The smallest absolute Gasteiger partial charge is 0.226 e. The summed E-state index contributed by atoms with van der Waals surface area (Å²) >= 11 is 6.41. The second-order valence-corrected chi connectivity index (χ2v) is 6.77. The average Bonchev–Trinajstić information content (AvgIpc) is 2.73. The fraction of sp³-hybridized carbons (Fsp3) is 0.182. The Morgan fingerprint density at radius 2 is 1.93 bits per heavy atom. The van der Waals surface area contributed by atoms with Crippen LogP contribution in [0.15, 0.2) is 61.1 Å². The third-order valence-corrected chi connectivity index (χ3v) is 4.78. The molecular weight excluding hydrogens is 374 g/mol. The van der Waals surface area contributed by atoms with Crippen LogP contribution in [0.25, 0.3) is 11.3 Å². The van der Waals surface area contributed by atoms with Crippen LogP contribution in [-0.4, -0.2) is 28.7 Å². The van der Waals surface area contributed by atoms with Crippen molar-refractivity contribution in [2.24, 2.45) is 0 Å². The lowest BCUT2D eigenvalue weighted by atomic mass is 10.0. The summed E-state index contributed by atoms with van der Waals surface area (Å²) in [5, 5.41) is 0.496. The van der Waals surface area contributed by atoms with Crippen LogP contribution in [0.5, 0.6) is 0 Å². The highest BCUT2D eigenvalue weighted by Crippen LogP contribution is 2.30. The lowest BCUT2D eigenvalue weighted by Crippen LogP contribution is -2.24. The fourth-order valence-corrected chi connectivity index (χ4v) is 3.08. The van der Waals surface area contributed by atoms with Gasteiger partial charge in [-0.05, 0) is 42.0 Å². The lowest BCUT2D eigenvalue weighted by molar-refractivity contribution is -0.118. The number of pyridine rings is 2. The third-order valence-electron chi connectivity index (χ3n) is 4.47. The number of nitrogens with zero attached hydrogens (tertiary/aromatic N) is 3. The molecule has 1 aromatic carbocycles. The van der Waals surface area contributed by atoms with Crippen LogP contribution in [0.1, 0.15) is 29.3 Å². The molecule has 5 nitrogen and oxygen atoms in total. The number of benzene rings is 1.